The van der Waals surface area contributed by atoms with E-state index in [2.05, 4.69) is 154 Å². The Labute approximate surface area is 575 Å². The lowest BCUT2D eigenvalue weighted by Gasteiger charge is -2.21. The summed E-state index contributed by atoms with van der Waals surface area (Å²) in [5, 5.41) is 20.6. The van der Waals surface area contributed by atoms with Crippen LogP contribution in [0.3, 0.4) is 0 Å². The molecule has 0 aromatic heterocycles. The van der Waals surface area contributed by atoms with E-state index in [4.69, 9.17) is 32.3 Å². The summed E-state index contributed by atoms with van der Waals surface area (Å²) in [5.41, 5.74) is 0. The number of phosphoric acid groups is 2. The summed E-state index contributed by atoms with van der Waals surface area (Å²) in [6.07, 6.45) is 82.2. The Morgan fingerprint density at radius 2 is 0.579 bits per heavy atom. The maximum Gasteiger partial charge on any atom is 0.472 e. The van der Waals surface area contributed by atoms with Gasteiger partial charge in [-0.2, -0.15) is 0 Å². The number of aliphatic hydroxyl groups excluding tert-OH is 2. The van der Waals surface area contributed by atoms with Gasteiger partial charge in [0.05, 0.1) is 26.4 Å². The highest BCUT2D eigenvalue weighted by Gasteiger charge is 2.29. The van der Waals surface area contributed by atoms with E-state index in [9.17, 15) is 43.5 Å². The summed E-state index contributed by atoms with van der Waals surface area (Å²) in [6, 6.07) is 0. The largest absolute Gasteiger partial charge is 0.472 e. The van der Waals surface area contributed by atoms with Gasteiger partial charge in [0.1, 0.15) is 25.4 Å². The summed E-state index contributed by atoms with van der Waals surface area (Å²) in [4.78, 5) is 58.4. The fourth-order valence-electron chi connectivity index (χ4n) is 9.26. The third-order valence-electron chi connectivity index (χ3n) is 14.8. The van der Waals surface area contributed by atoms with Crippen LogP contribution in [0.25, 0.3) is 0 Å². The van der Waals surface area contributed by atoms with Gasteiger partial charge in [0, 0.05) is 19.3 Å². The number of phosphoric ester groups is 2. The third-order valence-corrected chi connectivity index (χ3v) is 16.7. The maximum atomic E-state index is 12.9. The Kier molecular flexibility index (Phi) is 66.4. The van der Waals surface area contributed by atoms with E-state index in [0.29, 0.717) is 19.3 Å². The molecule has 0 aromatic carbocycles. The standard InChI is InChI=1S/C77H130O16P2/c1-4-7-10-13-16-19-22-25-27-29-31-32-33-34-35-36-37-38-40-42-43-46-48-51-54-57-60-63-75(80)87-66-72(78)67-89-94(83,84)90-68-73(79)69-91-95(85,86)92-71-74(93-77(82)65-62-59-56-53-50-45-24-21-18-15-12-9-6-3)70-88-76(81)64-61-58-55-52-49-47-44-41-39-30-28-26-23-20-17-14-11-8-5-2/h8,11-12,15-17,19-21,24-28,31-32,34-35,39,41,47,49,72-74,78-79H,4-7,9-10,13-14,18,22-23,29-30,33,36-38,40,42-46,48,50-71H2,1-3H3,(H,83,84)(H,85,86)/b11-8-,15-12-,19-16-,20-17-,24-21-,27-25-,28-26-,32-31-,35-34-,41-39-,49-47-. The molecule has 0 aliphatic heterocycles. The number of unbranched alkanes of at least 4 members (excludes halogenated alkanes) is 23. The molecule has 0 heterocycles. The molecule has 0 rings (SSSR count). The molecular formula is C77H130O16P2. The summed E-state index contributed by atoms with van der Waals surface area (Å²) in [7, 11) is -9.80. The number of hydrogen-bond donors (Lipinski definition) is 4. The average Bonchev–Trinajstić information content (AvgIpc) is 2.12. The number of aliphatic hydroxyl groups is 2. The van der Waals surface area contributed by atoms with Crippen molar-refractivity contribution in [2.75, 3.05) is 39.6 Å². The Morgan fingerprint density at radius 1 is 0.305 bits per heavy atom. The van der Waals surface area contributed by atoms with Crippen LogP contribution in [0.2, 0.25) is 0 Å². The van der Waals surface area contributed by atoms with Crippen molar-refractivity contribution in [2.24, 2.45) is 0 Å². The molecule has 0 aliphatic carbocycles. The van der Waals surface area contributed by atoms with E-state index < -0.39 is 91.5 Å². The molecule has 18 heteroatoms. The summed E-state index contributed by atoms with van der Waals surface area (Å²) in [6.45, 7) is 2.39. The van der Waals surface area contributed by atoms with E-state index in [1.54, 1.807) is 0 Å². The van der Waals surface area contributed by atoms with Crippen molar-refractivity contribution < 1.29 is 75.8 Å². The minimum atomic E-state index is -4.94. The number of carbonyl (C=O) groups is 3. The fraction of sp³-hybridized carbons (Fsp3) is 0.675. The summed E-state index contributed by atoms with van der Waals surface area (Å²) < 4.78 is 60.9. The molecule has 0 aromatic rings. The van der Waals surface area contributed by atoms with E-state index >= 15 is 0 Å². The molecule has 95 heavy (non-hydrogen) atoms. The molecule has 0 saturated heterocycles. The van der Waals surface area contributed by atoms with Crippen LogP contribution in [0.5, 0.6) is 0 Å². The van der Waals surface area contributed by atoms with Gasteiger partial charge in [-0.15, -0.1) is 0 Å². The van der Waals surface area contributed by atoms with Gasteiger partial charge in [0.25, 0.3) is 0 Å². The van der Waals surface area contributed by atoms with Crippen molar-refractivity contribution in [1.29, 1.82) is 0 Å². The van der Waals surface area contributed by atoms with Gasteiger partial charge in [0.2, 0.25) is 0 Å². The van der Waals surface area contributed by atoms with E-state index in [0.717, 1.165) is 148 Å². The number of ether oxygens (including phenoxy) is 3. The van der Waals surface area contributed by atoms with Crippen molar-refractivity contribution in [3.8, 4) is 0 Å². The highest BCUT2D eigenvalue weighted by molar-refractivity contribution is 7.47. The van der Waals surface area contributed by atoms with Gasteiger partial charge in [-0.3, -0.25) is 32.5 Å². The zero-order valence-corrected chi connectivity index (χ0v) is 60.8. The highest BCUT2D eigenvalue weighted by Crippen LogP contribution is 2.45. The zero-order chi connectivity index (χ0) is 69.5. The predicted molar refractivity (Wildman–Crippen MR) is 390 cm³/mol. The van der Waals surface area contributed by atoms with Crippen LogP contribution >= 0.6 is 15.6 Å². The number of carbonyl (C=O) groups excluding carboxylic acids is 3. The Morgan fingerprint density at radius 3 is 0.937 bits per heavy atom. The molecule has 0 saturated carbocycles. The Balaban J connectivity index is 4.56. The van der Waals surface area contributed by atoms with Gasteiger partial charge >= 0.3 is 33.6 Å². The fourth-order valence-corrected chi connectivity index (χ4v) is 10.8. The monoisotopic (exact) mass is 1370 g/mol. The quantitative estimate of drug-likeness (QED) is 0.0146. The van der Waals surface area contributed by atoms with Crippen molar-refractivity contribution in [3.63, 3.8) is 0 Å². The Hall–Kier alpha value is -4.31. The van der Waals surface area contributed by atoms with Gasteiger partial charge < -0.3 is 34.2 Å². The number of esters is 3. The SMILES string of the molecule is CC/C=C\C/C=C\C/C=C\C/C=C\C/C=C\CCCCCC(=O)OCC(COP(=O)(O)OCC(O)COP(=O)(O)OCC(O)COC(=O)CCCCCCCCCCCCC/C=C\C/C=C\C/C=C\C/C=C\CCCCC)OC(=O)CCCCCCC/C=C\C/C=C\CCC. The lowest BCUT2D eigenvalue weighted by Crippen LogP contribution is -2.30. The van der Waals surface area contributed by atoms with Crippen LogP contribution in [0.1, 0.15) is 278 Å². The molecule has 0 radical (unpaired) electrons. The maximum absolute atomic E-state index is 12.9. The molecule has 0 bridgehead atoms. The van der Waals surface area contributed by atoms with Crippen LogP contribution in [-0.2, 0) is 55.8 Å². The number of rotatable bonds is 68. The highest BCUT2D eigenvalue weighted by atomic mass is 31.2. The second-order valence-corrected chi connectivity index (χ2v) is 26.9. The molecule has 5 atom stereocenters. The van der Waals surface area contributed by atoms with Gasteiger partial charge in [-0.25, -0.2) is 9.13 Å². The molecule has 4 N–H and O–H groups in total. The van der Waals surface area contributed by atoms with Gasteiger partial charge in [-0.1, -0.05) is 257 Å². The van der Waals surface area contributed by atoms with Gasteiger partial charge in [0.15, 0.2) is 6.10 Å². The third kappa shape index (κ3) is 70.8. The number of allylic oxidation sites excluding steroid dienone is 22. The smallest absolute Gasteiger partial charge is 0.463 e. The summed E-state index contributed by atoms with van der Waals surface area (Å²) >= 11 is 0. The predicted octanol–water partition coefficient (Wildman–Crippen LogP) is 20.8. The second kappa shape index (κ2) is 69.6. The van der Waals surface area contributed by atoms with Gasteiger partial charge in [-0.05, 0) is 135 Å². The van der Waals surface area contributed by atoms with E-state index in [1.807, 2.05) is 0 Å². The molecule has 0 fully saturated rings. The molecule has 0 spiro atoms. The molecule has 16 nitrogen and oxygen atoms in total. The number of hydrogen-bond acceptors (Lipinski definition) is 14. The molecule has 0 amide bonds. The normalized spacial score (nSPS) is 14.9. The van der Waals surface area contributed by atoms with Crippen LogP contribution in [0.15, 0.2) is 134 Å². The first kappa shape index (κ1) is 90.7. The van der Waals surface area contributed by atoms with E-state index in [1.165, 1.54) is 70.6 Å². The molecule has 544 valence electrons. The molecule has 5 unspecified atom stereocenters. The first-order chi connectivity index (χ1) is 46.2. The second-order valence-electron chi connectivity index (χ2n) is 24.0. The lowest BCUT2D eigenvalue weighted by atomic mass is 10.0. The van der Waals surface area contributed by atoms with Crippen LogP contribution in [-0.4, -0.2) is 95.9 Å². The van der Waals surface area contributed by atoms with E-state index in [-0.39, 0.29) is 19.3 Å². The first-order valence-electron chi connectivity index (χ1n) is 36.5. The molecular weight excluding hydrogens is 1240 g/mol. The van der Waals surface area contributed by atoms with Crippen molar-refractivity contribution in [3.05, 3.63) is 134 Å². The lowest BCUT2D eigenvalue weighted by molar-refractivity contribution is -0.161. The van der Waals surface area contributed by atoms with Crippen LogP contribution in [0, 0.1) is 0 Å². The summed E-state index contributed by atoms with van der Waals surface area (Å²) in [5.74, 6) is -1.64. The average molecular weight is 1370 g/mol. The van der Waals surface area contributed by atoms with Crippen LogP contribution in [0.4, 0.5) is 0 Å². The van der Waals surface area contributed by atoms with Crippen molar-refractivity contribution in [1.82, 2.24) is 0 Å². The van der Waals surface area contributed by atoms with Crippen molar-refractivity contribution >= 4 is 33.6 Å². The topological polar surface area (TPSA) is 231 Å². The molecule has 0 aliphatic rings. The van der Waals surface area contributed by atoms with Crippen LogP contribution < -0.4 is 0 Å². The van der Waals surface area contributed by atoms with Crippen molar-refractivity contribution in [2.45, 2.75) is 296 Å². The zero-order valence-electron chi connectivity index (χ0n) is 59.0. The minimum Gasteiger partial charge on any atom is -0.463 e. The minimum absolute atomic E-state index is 0.0770. The first-order valence-corrected chi connectivity index (χ1v) is 39.5. The Bertz CT molecular complexity index is 2260.